The average molecular weight is 319 g/mol. The van der Waals surface area contributed by atoms with Crippen molar-refractivity contribution in [3.8, 4) is 0 Å². The minimum atomic E-state index is 0.374. The molecule has 0 bridgehead atoms. The van der Waals surface area contributed by atoms with Crippen LogP contribution in [0.3, 0.4) is 0 Å². The first kappa shape index (κ1) is 11.1. The number of anilines is 1. The molecule has 2 heterocycles. The van der Waals surface area contributed by atoms with Gasteiger partial charge in [-0.2, -0.15) is 0 Å². The van der Waals surface area contributed by atoms with Crippen molar-refractivity contribution in [2.24, 2.45) is 0 Å². The first-order valence-corrected chi connectivity index (χ1v) is 6.23. The molecule has 0 spiro atoms. The van der Waals surface area contributed by atoms with E-state index in [4.69, 9.17) is 4.74 Å². The van der Waals surface area contributed by atoms with Crippen molar-refractivity contribution in [1.82, 2.24) is 9.97 Å². The molecule has 1 aromatic rings. The molecule has 1 fully saturated rings. The van der Waals surface area contributed by atoms with Crippen molar-refractivity contribution in [2.45, 2.75) is 19.3 Å². The predicted molar refractivity (Wildman–Crippen MR) is 67.1 cm³/mol. The number of hydrogen-bond donors (Lipinski definition) is 1. The van der Waals surface area contributed by atoms with Gasteiger partial charge in [-0.1, -0.05) is 0 Å². The molecule has 0 aliphatic carbocycles. The lowest BCUT2D eigenvalue weighted by Gasteiger charge is -2.10. The summed E-state index contributed by atoms with van der Waals surface area (Å²) in [5, 5.41) is 3.24. The van der Waals surface area contributed by atoms with E-state index in [2.05, 4.69) is 44.8 Å². The number of ether oxygens (including phenoxy) is 1. The van der Waals surface area contributed by atoms with E-state index in [9.17, 15) is 0 Å². The molecule has 0 aromatic carbocycles. The molecule has 4 nitrogen and oxygen atoms in total. The van der Waals surface area contributed by atoms with Crippen molar-refractivity contribution in [1.29, 1.82) is 0 Å². The molecule has 1 aromatic heterocycles. The Morgan fingerprint density at radius 3 is 3.20 bits per heavy atom. The number of hydrogen-bond acceptors (Lipinski definition) is 4. The van der Waals surface area contributed by atoms with Gasteiger partial charge in [-0.15, -0.1) is 0 Å². The van der Waals surface area contributed by atoms with Crippen molar-refractivity contribution >= 4 is 28.4 Å². The highest BCUT2D eigenvalue weighted by Gasteiger charge is 2.21. The van der Waals surface area contributed by atoms with Gasteiger partial charge in [-0.05, 0) is 35.9 Å². The van der Waals surface area contributed by atoms with Crippen LogP contribution >= 0.6 is 22.6 Å². The number of nitrogens with one attached hydrogen (secondary N) is 1. The van der Waals surface area contributed by atoms with Gasteiger partial charge in [0.25, 0.3) is 0 Å². The van der Waals surface area contributed by atoms with Crippen molar-refractivity contribution in [3.63, 3.8) is 0 Å². The fraction of sp³-hybridized carbons (Fsp3) is 0.600. The van der Waals surface area contributed by atoms with Gasteiger partial charge in [0.15, 0.2) is 0 Å². The van der Waals surface area contributed by atoms with Crippen LogP contribution in [0.2, 0.25) is 0 Å². The van der Waals surface area contributed by atoms with E-state index in [0.29, 0.717) is 5.92 Å². The van der Waals surface area contributed by atoms with E-state index >= 15 is 0 Å². The van der Waals surface area contributed by atoms with Gasteiger partial charge in [0.2, 0.25) is 0 Å². The summed E-state index contributed by atoms with van der Waals surface area (Å²) in [6, 6.07) is 0. The molecule has 0 radical (unpaired) electrons. The highest BCUT2D eigenvalue weighted by Crippen LogP contribution is 2.24. The zero-order valence-corrected chi connectivity index (χ0v) is 10.8. The highest BCUT2D eigenvalue weighted by atomic mass is 127. The molecule has 5 heteroatoms. The van der Waals surface area contributed by atoms with Crippen LogP contribution in [0.15, 0.2) is 6.20 Å². The maximum absolute atomic E-state index is 5.34. The summed E-state index contributed by atoms with van der Waals surface area (Å²) in [6.45, 7) is 4.53. The van der Waals surface area contributed by atoms with E-state index < -0.39 is 0 Å². The molecule has 82 valence electrons. The zero-order valence-electron chi connectivity index (χ0n) is 8.66. The molecule has 15 heavy (non-hydrogen) atoms. The fourth-order valence-corrected chi connectivity index (χ4v) is 2.06. The third-order valence-corrected chi connectivity index (χ3v) is 3.19. The molecule has 2 rings (SSSR count). The molecular formula is C10H14IN3O. The summed E-state index contributed by atoms with van der Waals surface area (Å²) >= 11 is 2.24. The lowest BCUT2D eigenvalue weighted by atomic mass is 10.1. The van der Waals surface area contributed by atoms with Crippen LogP contribution in [0.4, 0.5) is 5.82 Å². The number of rotatable bonds is 3. The van der Waals surface area contributed by atoms with E-state index in [1.54, 1.807) is 0 Å². The minimum absolute atomic E-state index is 0.374. The first-order chi connectivity index (χ1) is 7.31. The Morgan fingerprint density at radius 1 is 1.67 bits per heavy atom. The maximum atomic E-state index is 5.34. The Balaban J connectivity index is 2.21. The van der Waals surface area contributed by atoms with Gasteiger partial charge >= 0.3 is 0 Å². The van der Waals surface area contributed by atoms with Crippen LogP contribution in [-0.4, -0.2) is 29.7 Å². The Kier molecular flexibility index (Phi) is 3.74. The molecular weight excluding hydrogens is 305 g/mol. The van der Waals surface area contributed by atoms with Gasteiger partial charge in [0, 0.05) is 25.3 Å². The molecule has 1 N–H and O–H groups in total. The molecule has 0 saturated carbocycles. The smallest absolute Gasteiger partial charge is 0.143 e. The summed E-state index contributed by atoms with van der Waals surface area (Å²) in [6.07, 6.45) is 2.91. The second-order valence-corrected chi connectivity index (χ2v) is 4.68. The SMILES string of the molecule is CCNc1nc(C2CCOC2)ncc1I. The highest BCUT2D eigenvalue weighted by molar-refractivity contribution is 14.1. The van der Waals surface area contributed by atoms with Crippen molar-refractivity contribution < 1.29 is 4.74 Å². The van der Waals surface area contributed by atoms with Crippen molar-refractivity contribution in [3.05, 3.63) is 15.6 Å². The Labute approximate surface area is 103 Å². The predicted octanol–water partition coefficient (Wildman–Crippen LogP) is 2.02. The number of nitrogens with zero attached hydrogens (tertiary/aromatic N) is 2. The standard InChI is InChI=1S/C10H14IN3O/c1-2-12-10-8(11)5-13-9(14-10)7-3-4-15-6-7/h5,7H,2-4,6H2,1H3,(H,12,13,14). The van der Waals surface area contributed by atoms with Crippen LogP contribution in [0.25, 0.3) is 0 Å². The van der Waals surface area contributed by atoms with Crippen LogP contribution in [0.5, 0.6) is 0 Å². The molecule has 1 unspecified atom stereocenters. The minimum Gasteiger partial charge on any atom is -0.381 e. The van der Waals surface area contributed by atoms with E-state index in [-0.39, 0.29) is 0 Å². The molecule has 1 aliphatic heterocycles. The lowest BCUT2D eigenvalue weighted by molar-refractivity contribution is 0.193. The molecule has 0 amide bonds. The summed E-state index contributed by atoms with van der Waals surface area (Å²) in [4.78, 5) is 8.90. The summed E-state index contributed by atoms with van der Waals surface area (Å²) in [5.74, 6) is 2.22. The van der Waals surface area contributed by atoms with E-state index in [0.717, 1.165) is 41.4 Å². The Bertz CT molecular complexity index is 339. The first-order valence-electron chi connectivity index (χ1n) is 5.15. The summed E-state index contributed by atoms with van der Waals surface area (Å²) in [7, 11) is 0. The summed E-state index contributed by atoms with van der Waals surface area (Å²) < 4.78 is 6.41. The van der Waals surface area contributed by atoms with Gasteiger partial charge in [0.05, 0.1) is 10.2 Å². The van der Waals surface area contributed by atoms with Crippen LogP contribution in [-0.2, 0) is 4.74 Å². The van der Waals surface area contributed by atoms with Gasteiger partial charge in [-0.3, -0.25) is 0 Å². The second-order valence-electron chi connectivity index (χ2n) is 3.52. The Morgan fingerprint density at radius 2 is 2.53 bits per heavy atom. The third kappa shape index (κ3) is 2.57. The van der Waals surface area contributed by atoms with Crippen LogP contribution < -0.4 is 5.32 Å². The average Bonchev–Trinajstić information content (AvgIpc) is 2.75. The third-order valence-electron chi connectivity index (χ3n) is 2.40. The monoisotopic (exact) mass is 319 g/mol. The number of halogens is 1. The fourth-order valence-electron chi connectivity index (χ4n) is 1.61. The van der Waals surface area contributed by atoms with Gasteiger partial charge in [0.1, 0.15) is 11.6 Å². The lowest BCUT2D eigenvalue weighted by Crippen LogP contribution is -2.09. The van der Waals surface area contributed by atoms with Crippen molar-refractivity contribution in [2.75, 3.05) is 25.1 Å². The Hall–Kier alpha value is -0.430. The van der Waals surface area contributed by atoms with E-state index in [1.807, 2.05) is 6.20 Å². The van der Waals surface area contributed by atoms with Crippen LogP contribution in [0, 0.1) is 3.57 Å². The second kappa shape index (κ2) is 5.07. The summed E-state index contributed by atoms with van der Waals surface area (Å²) in [5.41, 5.74) is 0. The topological polar surface area (TPSA) is 47.0 Å². The molecule has 1 atom stereocenters. The van der Waals surface area contributed by atoms with Crippen LogP contribution in [0.1, 0.15) is 25.1 Å². The largest absolute Gasteiger partial charge is 0.381 e. The van der Waals surface area contributed by atoms with Gasteiger partial charge < -0.3 is 10.1 Å². The molecule has 1 saturated heterocycles. The zero-order chi connectivity index (χ0) is 10.7. The van der Waals surface area contributed by atoms with E-state index in [1.165, 1.54) is 0 Å². The maximum Gasteiger partial charge on any atom is 0.143 e. The number of aromatic nitrogens is 2. The normalized spacial score (nSPS) is 20.5. The van der Waals surface area contributed by atoms with Gasteiger partial charge in [-0.25, -0.2) is 9.97 Å². The molecule has 1 aliphatic rings. The quantitative estimate of drug-likeness (QED) is 0.866.